The molecule has 2 rings (SSSR count). The fraction of sp³-hybridized carbons (Fsp3) is 0.200. The van der Waals surface area contributed by atoms with Crippen LogP contribution in [0.15, 0.2) is 36.4 Å². The lowest BCUT2D eigenvalue weighted by atomic mass is 10.2. The highest BCUT2D eigenvalue weighted by molar-refractivity contribution is 5.68. The molecule has 116 valence electrons. The highest BCUT2D eigenvalue weighted by atomic mass is 19.1. The third kappa shape index (κ3) is 3.43. The van der Waals surface area contributed by atoms with Gasteiger partial charge >= 0.3 is 0 Å². The van der Waals surface area contributed by atoms with E-state index in [1.54, 1.807) is 12.1 Å². The quantitative estimate of drug-likeness (QED) is 0.654. The van der Waals surface area contributed by atoms with E-state index in [4.69, 9.17) is 9.47 Å². The number of nitro benzene ring substituents is 1. The predicted octanol–water partition coefficient (Wildman–Crippen LogP) is 3.36. The van der Waals surface area contributed by atoms with Gasteiger partial charge in [0.05, 0.1) is 25.2 Å². The molecule has 0 atom stereocenters. The van der Waals surface area contributed by atoms with Gasteiger partial charge in [-0.05, 0) is 17.7 Å². The molecule has 0 amide bonds. The van der Waals surface area contributed by atoms with Crippen LogP contribution in [0.5, 0.6) is 11.5 Å². The zero-order valence-corrected chi connectivity index (χ0v) is 12.1. The van der Waals surface area contributed by atoms with Crippen LogP contribution in [0, 0.1) is 15.9 Å². The Hall–Kier alpha value is -2.83. The fourth-order valence-corrected chi connectivity index (χ4v) is 1.96. The van der Waals surface area contributed by atoms with Crippen molar-refractivity contribution in [3.63, 3.8) is 0 Å². The minimum atomic E-state index is -0.505. The van der Waals surface area contributed by atoms with Gasteiger partial charge in [-0.25, -0.2) is 4.39 Å². The number of hydrogen-bond donors (Lipinski definition) is 1. The number of methoxy groups -OCH3 is 2. The lowest BCUT2D eigenvalue weighted by Crippen LogP contribution is -2.04. The number of benzene rings is 2. The van der Waals surface area contributed by atoms with Gasteiger partial charge in [0.15, 0.2) is 11.5 Å². The molecule has 1 N–H and O–H groups in total. The lowest BCUT2D eigenvalue weighted by Gasteiger charge is -2.12. The Morgan fingerprint density at radius 3 is 2.27 bits per heavy atom. The molecule has 0 aromatic heterocycles. The van der Waals surface area contributed by atoms with E-state index in [9.17, 15) is 14.5 Å². The van der Waals surface area contributed by atoms with Crippen molar-refractivity contribution in [2.24, 2.45) is 0 Å². The first kappa shape index (κ1) is 15.6. The zero-order valence-electron chi connectivity index (χ0n) is 12.1. The first-order chi connectivity index (χ1) is 10.5. The number of nitro groups is 1. The van der Waals surface area contributed by atoms with Gasteiger partial charge in [-0.1, -0.05) is 12.1 Å². The van der Waals surface area contributed by atoms with Gasteiger partial charge in [0.2, 0.25) is 0 Å². The SMILES string of the molecule is COc1cc(NCc2ccc(F)cc2)c([N+](=O)[O-])cc1OC. The number of nitrogens with zero attached hydrogens (tertiary/aromatic N) is 1. The number of rotatable bonds is 6. The molecular weight excluding hydrogens is 291 g/mol. The van der Waals surface area contributed by atoms with Gasteiger partial charge in [-0.15, -0.1) is 0 Å². The van der Waals surface area contributed by atoms with E-state index < -0.39 is 4.92 Å². The summed E-state index contributed by atoms with van der Waals surface area (Å²) in [6.07, 6.45) is 0. The number of anilines is 1. The monoisotopic (exact) mass is 306 g/mol. The molecule has 0 bridgehead atoms. The van der Waals surface area contributed by atoms with Crippen LogP contribution in [0.4, 0.5) is 15.8 Å². The van der Waals surface area contributed by atoms with Crippen molar-refractivity contribution < 1.29 is 18.8 Å². The maximum atomic E-state index is 12.9. The summed E-state index contributed by atoms with van der Waals surface area (Å²) in [5, 5.41) is 14.1. The predicted molar refractivity (Wildman–Crippen MR) is 79.9 cm³/mol. The smallest absolute Gasteiger partial charge is 0.296 e. The van der Waals surface area contributed by atoms with Gasteiger partial charge in [0, 0.05) is 12.6 Å². The Kier molecular flexibility index (Phi) is 4.77. The molecule has 2 aromatic carbocycles. The zero-order chi connectivity index (χ0) is 16.1. The van der Waals surface area contributed by atoms with Crippen LogP contribution in [-0.4, -0.2) is 19.1 Å². The molecule has 0 spiro atoms. The van der Waals surface area contributed by atoms with Gasteiger partial charge in [0.1, 0.15) is 11.5 Å². The Morgan fingerprint density at radius 2 is 1.73 bits per heavy atom. The summed E-state index contributed by atoms with van der Waals surface area (Å²) in [7, 11) is 2.86. The molecule has 0 saturated carbocycles. The van der Waals surface area contributed by atoms with Crippen LogP contribution in [-0.2, 0) is 6.54 Å². The third-order valence-electron chi connectivity index (χ3n) is 3.09. The second-order valence-corrected chi connectivity index (χ2v) is 4.46. The Bertz CT molecular complexity index is 674. The highest BCUT2D eigenvalue weighted by Crippen LogP contribution is 2.37. The summed E-state index contributed by atoms with van der Waals surface area (Å²) in [6.45, 7) is 0.316. The summed E-state index contributed by atoms with van der Waals surface area (Å²) in [6, 6.07) is 8.68. The number of hydrogen-bond acceptors (Lipinski definition) is 5. The molecule has 2 aromatic rings. The van der Waals surface area contributed by atoms with Crippen molar-refractivity contribution in [1.82, 2.24) is 0 Å². The second-order valence-electron chi connectivity index (χ2n) is 4.46. The van der Waals surface area contributed by atoms with E-state index in [-0.39, 0.29) is 17.3 Å². The average molecular weight is 306 g/mol. The summed E-state index contributed by atoms with van der Waals surface area (Å²) < 4.78 is 23.1. The third-order valence-corrected chi connectivity index (χ3v) is 3.09. The average Bonchev–Trinajstić information content (AvgIpc) is 2.53. The number of ether oxygens (including phenoxy) is 2. The maximum Gasteiger partial charge on any atom is 0.296 e. The van der Waals surface area contributed by atoms with Gasteiger partial charge < -0.3 is 14.8 Å². The summed E-state index contributed by atoms with van der Waals surface area (Å²) in [5.74, 6) is 0.331. The summed E-state index contributed by atoms with van der Waals surface area (Å²) in [5.41, 5.74) is 0.970. The van der Waals surface area contributed by atoms with E-state index in [1.165, 1.54) is 38.5 Å². The van der Waals surface area contributed by atoms with Gasteiger partial charge in [-0.3, -0.25) is 10.1 Å². The maximum absolute atomic E-state index is 12.9. The Labute approximate surface area is 126 Å². The van der Waals surface area contributed by atoms with Crippen molar-refractivity contribution in [3.05, 3.63) is 57.9 Å². The van der Waals surface area contributed by atoms with Crippen molar-refractivity contribution in [1.29, 1.82) is 0 Å². The van der Waals surface area contributed by atoms with Crippen LogP contribution < -0.4 is 14.8 Å². The van der Waals surface area contributed by atoms with Crippen LogP contribution in [0.1, 0.15) is 5.56 Å². The van der Waals surface area contributed by atoms with Crippen molar-refractivity contribution in [3.8, 4) is 11.5 Å². The fourth-order valence-electron chi connectivity index (χ4n) is 1.96. The van der Waals surface area contributed by atoms with Crippen LogP contribution >= 0.6 is 0 Å². The molecule has 0 aliphatic rings. The van der Waals surface area contributed by atoms with Crippen LogP contribution in [0.2, 0.25) is 0 Å². The molecule has 0 heterocycles. The molecule has 7 heteroatoms. The van der Waals surface area contributed by atoms with Crippen molar-refractivity contribution >= 4 is 11.4 Å². The van der Waals surface area contributed by atoms with Crippen LogP contribution in [0.3, 0.4) is 0 Å². The first-order valence-electron chi connectivity index (χ1n) is 6.44. The van der Waals surface area contributed by atoms with E-state index in [2.05, 4.69) is 5.32 Å². The first-order valence-corrected chi connectivity index (χ1v) is 6.44. The lowest BCUT2D eigenvalue weighted by molar-refractivity contribution is -0.384. The molecule has 0 radical (unpaired) electrons. The van der Waals surface area contributed by atoms with E-state index >= 15 is 0 Å². The van der Waals surface area contributed by atoms with E-state index in [0.717, 1.165) is 5.56 Å². The standard InChI is InChI=1S/C15H15FN2O4/c1-21-14-7-12(13(18(19)20)8-15(14)22-2)17-9-10-3-5-11(16)6-4-10/h3-8,17H,9H2,1-2H3. The van der Waals surface area contributed by atoms with E-state index in [0.29, 0.717) is 18.0 Å². The van der Waals surface area contributed by atoms with Crippen molar-refractivity contribution in [2.45, 2.75) is 6.54 Å². The highest BCUT2D eigenvalue weighted by Gasteiger charge is 2.19. The van der Waals surface area contributed by atoms with Crippen LogP contribution in [0.25, 0.3) is 0 Å². The number of nitrogens with one attached hydrogen (secondary N) is 1. The normalized spacial score (nSPS) is 10.1. The molecule has 6 nitrogen and oxygen atoms in total. The topological polar surface area (TPSA) is 73.6 Å². The molecule has 0 unspecified atom stereocenters. The molecule has 0 aliphatic heterocycles. The van der Waals surface area contributed by atoms with Crippen molar-refractivity contribution in [2.75, 3.05) is 19.5 Å². The molecule has 0 fully saturated rings. The second kappa shape index (κ2) is 6.75. The minimum absolute atomic E-state index is 0.125. The number of halogens is 1. The van der Waals surface area contributed by atoms with Gasteiger partial charge in [-0.2, -0.15) is 0 Å². The minimum Gasteiger partial charge on any atom is -0.493 e. The Balaban J connectivity index is 2.28. The molecule has 22 heavy (non-hydrogen) atoms. The molecule has 0 saturated heterocycles. The Morgan fingerprint density at radius 1 is 1.14 bits per heavy atom. The summed E-state index contributed by atoms with van der Waals surface area (Å²) in [4.78, 5) is 10.7. The molecule has 0 aliphatic carbocycles. The van der Waals surface area contributed by atoms with Gasteiger partial charge in [0.25, 0.3) is 5.69 Å². The largest absolute Gasteiger partial charge is 0.493 e. The van der Waals surface area contributed by atoms with E-state index in [1.807, 2.05) is 0 Å². The molecular formula is C15H15FN2O4. The summed E-state index contributed by atoms with van der Waals surface area (Å²) >= 11 is 0.